The molecule has 0 amide bonds. The highest BCUT2D eigenvalue weighted by Gasteiger charge is 2.32. The van der Waals surface area contributed by atoms with E-state index in [4.69, 9.17) is 5.11 Å². The molecule has 23 heavy (non-hydrogen) atoms. The Hall–Kier alpha value is -2.52. The quantitative estimate of drug-likeness (QED) is 0.866. The predicted molar refractivity (Wildman–Crippen MR) is 65.7 cm³/mol. The SMILES string of the molecule is O=C(O)c1cc(-c2ccc(C(F)(F)F)cc2)nn1CC(F)(F)F. The first-order valence-corrected chi connectivity index (χ1v) is 6.03. The summed E-state index contributed by atoms with van der Waals surface area (Å²) in [5.41, 5.74) is -1.74. The van der Waals surface area contributed by atoms with Crippen molar-refractivity contribution in [2.24, 2.45) is 0 Å². The maximum atomic E-state index is 12.5. The Morgan fingerprint density at radius 2 is 1.65 bits per heavy atom. The van der Waals surface area contributed by atoms with Crippen LogP contribution < -0.4 is 0 Å². The molecule has 0 spiro atoms. The molecular formula is C13H8F6N2O2. The van der Waals surface area contributed by atoms with Gasteiger partial charge in [0.1, 0.15) is 12.2 Å². The molecule has 0 saturated heterocycles. The molecule has 4 nitrogen and oxygen atoms in total. The van der Waals surface area contributed by atoms with E-state index in [0.717, 1.165) is 30.3 Å². The van der Waals surface area contributed by atoms with Crippen LogP contribution in [-0.2, 0) is 12.7 Å². The molecule has 0 fully saturated rings. The average molecular weight is 338 g/mol. The van der Waals surface area contributed by atoms with Gasteiger partial charge in [-0.15, -0.1) is 0 Å². The molecule has 0 atom stereocenters. The number of alkyl halides is 6. The highest BCUT2D eigenvalue weighted by atomic mass is 19.4. The van der Waals surface area contributed by atoms with Crippen LogP contribution in [0.25, 0.3) is 11.3 Å². The van der Waals surface area contributed by atoms with Gasteiger partial charge in [-0.05, 0) is 18.2 Å². The Morgan fingerprint density at radius 3 is 2.09 bits per heavy atom. The summed E-state index contributed by atoms with van der Waals surface area (Å²) in [6.45, 7) is -1.62. The standard InChI is InChI=1S/C13H8F6N2O2/c14-12(15,16)6-21-10(11(22)23)5-9(20-21)7-1-3-8(4-2-7)13(17,18)19/h1-5H,6H2,(H,22,23). The van der Waals surface area contributed by atoms with Gasteiger partial charge in [0.15, 0.2) is 0 Å². The summed E-state index contributed by atoms with van der Waals surface area (Å²) < 4.78 is 74.8. The third-order valence-electron chi connectivity index (χ3n) is 2.84. The molecule has 1 aromatic heterocycles. The molecule has 0 unspecified atom stereocenters. The van der Waals surface area contributed by atoms with Gasteiger partial charge in [-0.2, -0.15) is 31.4 Å². The lowest BCUT2D eigenvalue weighted by atomic mass is 10.1. The summed E-state index contributed by atoms with van der Waals surface area (Å²) in [6.07, 6.45) is -9.24. The molecule has 0 aliphatic carbocycles. The monoisotopic (exact) mass is 338 g/mol. The number of aromatic nitrogens is 2. The number of hydrogen-bond donors (Lipinski definition) is 1. The van der Waals surface area contributed by atoms with E-state index in [9.17, 15) is 31.1 Å². The van der Waals surface area contributed by atoms with Crippen molar-refractivity contribution in [1.29, 1.82) is 0 Å². The van der Waals surface area contributed by atoms with E-state index in [1.807, 2.05) is 0 Å². The minimum atomic E-state index is -4.69. The minimum Gasteiger partial charge on any atom is -0.477 e. The van der Waals surface area contributed by atoms with Gasteiger partial charge >= 0.3 is 18.3 Å². The van der Waals surface area contributed by atoms with E-state index in [1.54, 1.807) is 0 Å². The highest BCUT2D eigenvalue weighted by molar-refractivity contribution is 5.87. The topological polar surface area (TPSA) is 55.1 Å². The molecule has 0 aliphatic rings. The van der Waals surface area contributed by atoms with Crippen molar-refractivity contribution in [3.05, 3.63) is 41.6 Å². The third kappa shape index (κ3) is 4.02. The fraction of sp³-hybridized carbons (Fsp3) is 0.231. The second-order valence-corrected chi connectivity index (χ2v) is 4.57. The molecule has 2 aromatic rings. The van der Waals surface area contributed by atoms with Crippen LogP contribution >= 0.6 is 0 Å². The summed E-state index contributed by atoms with van der Waals surface area (Å²) in [6, 6.07) is 4.36. The number of hydrogen-bond acceptors (Lipinski definition) is 2. The molecule has 10 heteroatoms. The number of carboxylic acid groups (broad SMARTS) is 1. The van der Waals surface area contributed by atoms with Crippen molar-refractivity contribution in [2.45, 2.75) is 18.9 Å². The zero-order valence-electron chi connectivity index (χ0n) is 11.1. The van der Waals surface area contributed by atoms with Crippen molar-refractivity contribution >= 4 is 5.97 Å². The summed E-state index contributed by atoms with van der Waals surface area (Å²) in [5, 5.41) is 12.4. The van der Waals surface area contributed by atoms with Crippen LogP contribution in [0.3, 0.4) is 0 Å². The predicted octanol–water partition coefficient (Wildman–Crippen LogP) is 3.83. The van der Waals surface area contributed by atoms with Gasteiger partial charge in [0, 0.05) is 5.56 Å². The molecule has 0 bridgehead atoms. The van der Waals surface area contributed by atoms with Gasteiger partial charge in [0.05, 0.1) is 11.3 Å². The second kappa shape index (κ2) is 5.60. The maximum absolute atomic E-state index is 12.5. The fourth-order valence-corrected chi connectivity index (χ4v) is 1.85. The molecule has 1 aromatic carbocycles. The first kappa shape index (κ1) is 16.8. The molecule has 0 aliphatic heterocycles. The first-order valence-electron chi connectivity index (χ1n) is 6.03. The van der Waals surface area contributed by atoms with Crippen molar-refractivity contribution in [1.82, 2.24) is 9.78 Å². The molecule has 1 heterocycles. The number of benzene rings is 1. The van der Waals surface area contributed by atoms with Crippen molar-refractivity contribution in [3.8, 4) is 11.3 Å². The number of halogens is 6. The van der Waals surface area contributed by atoms with Crippen molar-refractivity contribution in [2.75, 3.05) is 0 Å². The van der Waals surface area contributed by atoms with Gasteiger partial charge in [0.2, 0.25) is 0 Å². The van der Waals surface area contributed by atoms with Crippen LogP contribution in [0, 0.1) is 0 Å². The Kier molecular flexibility index (Phi) is 4.10. The normalized spacial score (nSPS) is 12.4. The Labute approximate surface area is 125 Å². The lowest BCUT2D eigenvalue weighted by Crippen LogP contribution is -2.22. The van der Waals surface area contributed by atoms with Gasteiger partial charge < -0.3 is 5.11 Å². The van der Waals surface area contributed by atoms with Crippen LogP contribution in [0.1, 0.15) is 16.1 Å². The Morgan fingerprint density at radius 1 is 1.09 bits per heavy atom. The van der Waals surface area contributed by atoms with E-state index < -0.39 is 36.1 Å². The van der Waals surface area contributed by atoms with Crippen LogP contribution in [-0.4, -0.2) is 27.0 Å². The average Bonchev–Trinajstić information content (AvgIpc) is 2.79. The number of nitrogens with zero attached hydrogens (tertiary/aromatic N) is 2. The minimum absolute atomic E-state index is 0.0708. The first-order chi connectivity index (χ1) is 10.5. The lowest BCUT2D eigenvalue weighted by molar-refractivity contribution is -0.142. The van der Waals surface area contributed by atoms with Crippen molar-refractivity contribution < 1.29 is 36.2 Å². The van der Waals surface area contributed by atoms with E-state index in [2.05, 4.69) is 5.10 Å². The largest absolute Gasteiger partial charge is 0.477 e. The number of aromatic carboxylic acids is 1. The van der Waals surface area contributed by atoms with Gasteiger partial charge in [-0.1, -0.05) is 12.1 Å². The molecular weight excluding hydrogens is 330 g/mol. The van der Waals surface area contributed by atoms with E-state index in [0.29, 0.717) is 0 Å². The molecule has 124 valence electrons. The molecule has 0 saturated carbocycles. The Bertz CT molecular complexity index is 716. The zero-order valence-corrected chi connectivity index (χ0v) is 11.1. The smallest absolute Gasteiger partial charge is 0.416 e. The van der Waals surface area contributed by atoms with E-state index in [-0.39, 0.29) is 15.9 Å². The van der Waals surface area contributed by atoms with E-state index in [1.165, 1.54) is 0 Å². The van der Waals surface area contributed by atoms with E-state index >= 15 is 0 Å². The molecule has 2 rings (SSSR count). The molecule has 0 radical (unpaired) electrons. The second-order valence-electron chi connectivity index (χ2n) is 4.57. The zero-order chi connectivity index (χ0) is 17.4. The third-order valence-corrected chi connectivity index (χ3v) is 2.84. The maximum Gasteiger partial charge on any atom is 0.416 e. The fourth-order valence-electron chi connectivity index (χ4n) is 1.85. The van der Waals surface area contributed by atoms with Gasteiger partial charge in [0.25, 0.3) is 0 Å². The van der Waals surface area contributed by atoms with Crippen LogP contribution in [0.5, 0.6) is 0 Å². The summed E-state index contributed by atoms with van der Waals surface area (Å²) >= 11 is 0. The lowest BCUT2D eigenvalue weighted by Gasteiger charge is -2.08. The summed E-state index contributed by atoms with van der Waals surface area (Å²) in [4.78, 5) is 11.0. The molecule has 1 N–H and O–H groups in total. The van der Waals surface area contributed by atoms with Gasteiger partial charge in [-0.3, -0.25) is 0 Å². The van der Waals surface area contributed by atoms with Crippen molar-refractivity contribution in [3.63, 3.8) is 0 Å². The van der Waals surface area contributed by atoms with Crippen LogP contribution in [0.2, 0.25) is 0 Å². The number of carboxylic acids is 1. The van der Waals surface area contributed by atoms with Gasteiger partial charge in [-0.25, -0.2) is 9.48 Å². The van der Waals surface area contributed by atoms with Crippen LogP contribution in [0.15, 0.2) is 30.3 Å². The number of carbonyl (C=O) groups is 1. The summed E-state index contributed by atoms with van der Waals surface area (Å²) in [5.74, 6) is -1.63. The summed E-state index contributed by atoms with van der Waals surface area (Å²) in [7, 11) is 0. The Balaban J connectivity index is 2.40. The number of rotatable bonds is 3. The highest BCUT2D eigenvalue weighted by Crippen LogP contribution is 2.31. The van der Waals surface area contributed by atoms with Crippen LogP contribution in [0.4, 0.5) is 26.3 Å².